The van der Waals surface area contributed by atoms with Crippen LogP contribution in [0.3, 0.4) is 0 Å². The molecule has 0 fully saturated rings. The largest absolute Gasteiger partial charge is 0.494 e. The first-order valence-corrected chi connectivity index (χ1v) is 7.57. The van der Waals surface area contributed by atoms with Crippen molar-refractivity contribution in [1.29, 1.82) is 0 Å². The van der Waals surface area contributed by atoms with Crippen LogP contribution in [0.2, 0.25) is 0 Å². The molecule has 2 aromatic rings. The van der Waals surface area contributed by atoms with Crippen molar-refractivity contribution in [2.75, 3.05) is 13.2 Å². The fraction of sp³-hybridized carbons (Fsp3) is 0.438. The van der Waals surface area contributed by atoms with Gasteiger partial charge in [-0.05, 0) is 44.5 Å². The average Bonchev–Trinajstić information content (AvgIpc) is 2.80. The zero-order chi connectivity index (χ0) is 16.8. The number of hydrogen-bond donors (Lipinski definition) is 0. The van der Waals surface area contributed by atoms with Crippen LogP contribution < -0.4 is 9.47 Å². The number of hydrogen-bond acceptors (Lipinski definition) is 5. The first kappa shape index (κ1) is 16.8. The summed E-state index contributed by atoms with van der Waals surface area (Å²) in [6.07, 6.45) is 0.965. The molecule has 0 atom stereocenters. The van der Waals surface area contributed by atoms with Gasteiger partial charge in [0.25, 0.3) is 0 Å². The Labute approximate surface area is 135 Å². The molecule has 0 bridgehead atoms. The van der Waals surface area contributed by atoms with Crippen molar-refractivity contribution in [3.05, 3.63) is 45.8 Å². The molecule has 1 aromatic heterocycles. The lowest BCUT2D eigenvalue weighted by Gasteiger charge is -2.09. The third-order valence-corrected chi connectivity index (χ3v) is 3.39. The van der Waals surface area contributed by atoms with Gasteiger partial charge in [-0.2, -0.15) is 5.10 Å². The summed E-state index contributed by atoms with van der Waals surface area (Å²) in [7, 11) is 0. The van der Waals surface area contributed by atoms with Gasteiger partial charge in [-0.3, -0.25) is 14.8 Å². The summed E-state index contributed by atoms with van der Waals surface area (Å²) in [6, 6.07) is 7.40. The van der Waals surface area contributed by atoms with Gasteiger partial charge in [0.1, 0.15) is 29.5 Å². The van der Waals surface area contributed by atoms with E-state index < -0.39 is 4.92 Å². The predicted octanol–water partition coefficient (Wildman–Crippen LogP) is 3.28. The van der Waals surface area contributed by atoms with E-state index in [4.69, 9.17) is 9.47 Å². The minimum Gasteiger partial charge on any atom is -0.494 e. The number of benzene rings is 1. The highest BCUT2D eigenvalue weighted by molar-refractivity contribution is 5.39. The number of nitrogens with zero attached hydrogens (tertiary/aromatic N) is 3. The van der Waals surface area contributed by atoms with Crippen molar-refractivity contribution in [2.24, 2.45) is 0 Å². The van der Waals surface area contributed by atoms with E-state index in [1.54, 1.807) is 18.5 Å². The molecule has 0 N–H and O–H groups in total. The summed E-state index contributed by atoms with van der Waals surface area (Å²) >= 11 is 0. The van der Waals surface area contributed by atoms with Gasteiger partial charge in [0.05, 0.1) is 18.1 Å². The second-order valence-corrected chi connectivity index (χ2v) is 5.17. The Morgan fingerprint density at radius 3 is 2.17 bits per heavy atom. The fourth-order valence-corrected chi connectivity index (χ4v) is 2.27. The Hall–Kier alpha value is -2.57. The van der Waals surface area contributed by atoms with E-state index in [0.29, 0.717) is 31.1 Å². The normalized spacial score (nSPS) is 10.6. The second-order valence-electron chi connectivity index (χ2n) is 5.17. The van der Waals surface area contributed by atoms with Gasteiger partial charge in [0.2, 0.25) is 0 Å². The van der Waals surface area contributed by atoms with Crippen LogP contribution in [-0.4, -0.2) is 27.9 Å². The van der Waals surface area contributed by atoms with E-state index in [1.165, 1.54) is 0 Å². The van der Waals surface area contributed by atoms with Crippen LogP contribution in [0, 0.1) is 24.0 Å². The number of aromatic nitrogens is 2. The molecule has 0 amide bonds. The molecule has 0 aliphatic carbocycles. The second kappa shape index (κ2) is 7.62. The summed E-state index contributed by atoms with van der Waals surface area (Å²) in [5.74, 6) is 1.54. The average molecular weight is 319 g/mol. The van der Waals surface area contributed by atoms with E-state index in [-0.39, 0.29) is 5.69 Å². The zero-order valence-corrected chi connectivity index (χ0v) is 13.6. The zero-order valence-electron chi connectivity index (χ0n) is 13.6. The summed E-state index contributed by atoms with van der Waals surface area (Å²) in [5.41, 5.74) is 1.03. The van der Waals surface area contributed by atoms with E-state index in [1.807, 2.05) is 24.3 Å². The van der Waals surface area contributed by atoms with Crippen molar-refractivity contribution < 1.29 is 14.4 Å². The fourth-order valence-electron chi connectivity index (χ4n) is 2.27. The SMILES string of the molecule is CCCOc1ccc(OCCn2nc(C)c([N+](=O)[O-])c2C)cc1. The van der Waals surface area contributed by atoms with Gasteiger partial charge in [-0.25, -0.2) is 0 Å². The molecule has 7 heteroatoms. The van der Waals surface area contributed by atoms with Crippen molar-refractivity contribution in [3.8, 4) is 11.5 Å². The Balaban J connectivity index is 1.90. The van der Waals surface area contributed by atoms with Crippen molar-refractivity contribution in [2.45, 2.75) is 33.7 Å². The van der Waals surface area contributed by atoms with Gasteiger partial charge in [-0.15, -0.1) is 0 Å². The molecular weight excluding hydrogens is 298 g/mol. The molecule has 23 heavy (non-hydrogen) atoms. The van der Waals surface area contributed by atoms with Crippen LogP contribution in [0.5, 0.6) is 11.5 Å². The highest BCUT2D eigenvalue weighted by Crippen LogP contribution is 2.22. The number of nitro groups is 1. The van der Waals surface area contributed by atoms with Gasteiger partial charge < -0.3 is 9.47 Å². The van der Waals surface area contributed by atoms with E-state index >= 15 is 0 Å². The molecular formula is C16H21N3O4. The number of rotatable bonds is 8. The Morgan fingerprint density at radius 2 is 1.70 bits per heavy atom. The van der Waals surface area contributed by atoms with Gasteiger partial charge >= 0.3 is 5.69 Å². The van der Waals surface area contributed by atoms with Crippen LogP contribution in [0.4, 0.5) is 5.69 Å². The Morgan fingerprint density at radius 1 is 1.13 bits per heavy atom. The lowest BCUT2D eigenvalue weighted by atomic mass is 10.3. The monoisotopic (exact) mass is 319 g/mol. The molecule has 0 unspecified atom stereocenters. The standard InChI is InChI=1S/C16H21N3O4/c1-4-10-22-14-5-7-15(8-6-14)23-11-9-18-13(3)16(19(20)21)12(2)17-18/h5-8H,4,9-11H2,1-3H3. The Kier molecular flexibility index (Phi) is 5.56. The molecule has 0 aliphatic rings. The van der Waals surface area contributed by atoms with E-state index in [2.05, 4.69) is 12.0 Å². The quantitative estimate of drug-likeness (QED) is 0.551. The smallest absolute Gasteiger partial charge is 0.312 e. The molecule has 0 aliphatic heterocycles. The molecule has 0 spiro atoms. The van der Waals surface area contributed by atoms with Crippen molar-refractivity contribution >= 4 is 5.69 Å². The molecule has 1 heterocycles. The lowest BCUT2D eigenvalue weighted by Crippen LogP contribution is -2.11. The molecule has 2 rings (SSSR count). The Bertz CT molecular complexity index is 665. The van der Waals surface area contributed by atoms with Crippen LogP contribution in [0.1, 0.15) is 24.7 Å². The minimum atomic E-state index is -0.399. The third-order valence-electron chi connectivity index (χ3n) is 3.39. The third kappa shape index (κ3) is 4.21. The topological polar surface area (TPSA) is 79.4 Å². The summed E-state index contributed by atoms with van der Waals surface area (Å²) in [6.45, 7) is 6.91. The summed E-state index contributed by atoms with van der Waals surface area (Å²) in [4.78, 5) is 10.6. The van der Waals surface area contributed by atoms with E-state index in [0.717, 1.165) is 17.9 Å². The highest BCUT2D eigenvalue weighted by Gasteiger charge is 2.21. The van der Waals surface area contributed by atoms with Crippen molar-refractivity contribution in [3.63, 3.8) is 0 Å². The van der Waals surface area contributed by atoms with Crippen LogP contribution >= 0.6 is 0 Å². The molecule has 1 aromatic carbocycles. The van der Waals surface area contributed by atoms with Crippen LogP contribution in [0.25, 0.3) is 0 Å². The molecule has 0 saturated heterocycles. The maximum atomic E-state index is 11.0. The first-order chi connectivity index (χ1) is 11.0. The van der Waals surface area contributed by atoms with Crippen LogP contribution in [-0.2, 0) is 6.54 Å². The lowest BCUT2D eigenvalue weighted by molar-refractivity contribution is -0.386. The highest BCUT2D eigenvalue weighted by atomic mass is 16.6. The first-order valence-electron chi connectivity index (χ1n) is 7.57. The predicted molar refractivity (Wildman–Crippen MR) is 86.1 cm³/mol. The van der Waals surface area contributed by atoms with E-state index in [9.17, 15) is 10.1 Å². The maximum absolute atomic E-state index is 11.0. The molecule has 7 nitrogen and oxygen atoms in total. The van der Waals surface area contributed by atoms with Gasteiger partial charge in [-0.1, -0.05) is 6.92 Å². The minimum absolute atomic E-state index is 0.0717. The van der Waals surface area contributed by atoms with Gasteiger partial charge in [0.15, 0.2) is 0 Å². The maximum Gasteiger partial charge on any atom is 0.312 e. The van der Waals surface area contributed by atoms with Crippen molar-refractivity contribution in [1.82, 2.24) is 9.78 Å². The molecule has 124 valence electrons. The number of aryl methyl sites for hydroxylation is 1. The summed E-state index contributed by atoms with van der Waals surface area (Å²) in [5, 5.41) is 15.2. The van der Waals surface area contributed by atoms with Gasteiger partial charge in [0, 0.05) is 0 Å². The number of ether oxygens (including phenoxy) is 2. The summed E-state index contributed by atoms with van der Waals surface area (Å²) < 4.78 is 12.8. The molecule has 0 saturated carbocycles. The van der Waals surface area contributed by atoms with Crippen LogP contribution in [0.15, 0.2) is 24.3 Å². The molecule has 0 radical (unpaired) electrons.